The number of carbonyl (C=O) groups excluding carboxylic acids is 1. The lowest BCUT2D eigenvalue weighted by Gasteiger charge is -2.05. The van der Waals surface area contributed by atoms with Gasteiger partial charge in [-0.15, -0.1) is 5.10 Å². The van der Waals surface area contributed by atoms with Crippen LogP contribution in [0.1, 0.15) is 20.8 Å². The topological polar surface area (TPSA) is 54.9 Å². The lowest BCUT2D eigenvalue weighted by Crippen LogP contribution is -2.22. The van der Waals surface area contributed by atoms with Crippen molar-refractivity contribution in [2.45, 2.75) is 13.5 Å². The number of benzene rings is 2. The zero-order valence-electron chi connectivity index (χ0n) is 12.1. The van der Waals surface area contributed by atoms with E-state index in [1.807, 2.05) is 61.5 Å². The van der Waals surface area contributed by atoms with E-state index < -0.39 is 0 Å². The molecular weight excluding hydrogens is 294 g/mol. The largest absolute Gasteiger partial charge is 0.347 e. The van der Waals surface area contributed by atoms with E-state index in [0.717, 1.165) is 22.7 Å². The van der Waals surface area contributed by atoms with Gasteiger partial charge in [0.05, 0.1) is 0 Å². The third kappa shape index (κ3) is 3.20. The second-order valence-electron chi connectivity index (χ2n) is 4.98. The number of nitrogens with zero attached hydrogens (tertiary/aromatic N) is 2. The molecule has 1 aromatic heterocycles. The molecule has 3 aromatic rings. The molecular formula is C17H15N3OS. The van der Waals surface area contributed by atoms with E-state index in [1.54, 1.807) is 0 Å². The van der Waals surface area contributed by atoms with Crippen LogP contribution >= 0.6 is 11.5 Å². The third-order valence-corrected chi connectivity index (χ3v) is 4.04. The Labute approximate surface area is 133 Å². The number of hydrogen-bond acceptors (Lipinski definition) is 4. The van der Waals surface area contributed by atoms with Gasteiger partial charge in [-0.1, -0.05) is 64.6 Å². The smallest absolute Gasteiger partial charge is 0.265 e. The standard InChI is InChI=1S/C17H15N3OS/c1-12-7-9-14(10-8-12)15-16(22-20-19-15)17(21)18-11-13-5-3-2-4-6-13/h2-10H,11H2,1H3,(H,18,21). The summed E-state index contributed by atoms with van der Waals surface area (Å²) in [4.78, 5) is 12.9. The van der Waals surface area contributed by atoms with Crippen molar-refractivity contribution >= 4 is 17.4 Å². The van der Waals surface area contributed by atoms with Crippen LogP contribution in [0, 0.1) is 6.92 Å². The zero-order valence-corrected chi connectivity index (χ0v) is 12.9. The van der Waals surface area contributed by atoms with Gasteiger partial charge in [-0.2, -0.15) is 0 Å². The summed E-state index contributed by atoms with van der Waals surface area (Å²) in [6.07, 6.45) is 0. The van der Waals surface area contributed by atoms with E-state index in [-0.39, 0.29) is 5.91 Å². The van der Waals surface area contributed by atoms with Crippen LogP contribution in [0.4, 0.5) is 0 Å². The highest BCUT2D eigenvalue weighted by molar-refractivity contribution is 7.08. The summed E-state index contributed by atoms with van der Waals surface area (Å²) < 4.78 is 3.93. The molecule has 5 heteroatoms. The number of aryl methyl sites for hydroxylation is 1. The Morgan fingerprint density at radius 3 is 2.55 bits per heavy atom. The van der Waals surface area contributed by atoms with Crippen molar-refractivity contribution in [1.29, 1.82) is 0 Å². The molecule has 0 fully saturated rings. The third-order valence-electron chi connectivity index (χ3n) is 3.32. The highest BCUT2D eigenvalue weighted by Crippen LogP contribution is 2.24. The maximum Gasteiger partial charge on any atom is 0.265 e. The van der Waals surface area contributed by atoms with Crippen molar-refractivity contribution in [1.82, 2.24) is 14.9 Å². The molecule has 0 aliphatic heterocycles. The first-order valence-electron chi connectivity index (χ1n) is 6.95. The fourth-order valence-electron chi connectivity index (χ4n) is 2.10. The van der Waals surface area contributed by atoms with Crippen molar-refractivity contribution in [3.8, 4) is 11.3 Å². The number of nitrogens with one attached hydrogen (secondary N) is 1. The zero-order chi connectivity index (χ0) is 15.4. The predicted molar refractivity (Wildman–Crippen MR) is 87.7 cm³/mol. The average Bonchev–Trinajstić information content (AvgIpc) is 3.04. The molecule has 1 N–H and O–H groups in total. The minimum atomic E-state index is -0.144. The van der Waals surface area contributed by atoms with Crippen LogP contribution in [0.2, 0.25) is 0 Å². The highest BCUT2D eigenvalue weighted by atomic mass is 32.1. The molecule has 4 nitrogen and oxygen atoms in total. The lowest BCUT2D eigenvalue weighted by atomic mass is 10.1. The summed E-state index contributed by atoms with van der Waals surface area (Å²) in [5.74, 6) is -0.144. The SMILES string of the molecule is Cc1ccc(-c2nnsc2C(=O)NCc2ccccc2)cc1. The van der Waals surface area contributed by atoms with Gasteiger partial charge >= 0.3 is 0 Å². The Balaban J connectivity index is 1.76. The van der Waals surface area contributed by atoms with E-state index in [9.17, 15) is 4.79 Å². The minimum absolute atomic E-state index is 0.144. The minimum Gasteiger partial charge on any atom is -0.347 e. The van der Waals surface area contributed by atoms with E-state index in [2.05, 4.69) is 14.9 Å². The quantitative estimate of drug-likeness (QED) is 0.803. The van der Waals surface area contributed by atoms with Crippen molar-refractivity contribution in [2.75, 3.05) is 0 Å². The summed E-state index contributed by atoms with van der Waals surface area (Å²) in [5.41, 5.74) is 3.77. The van der Waals surface area contributed by atoms with Gasteiger partial charge in [0.15, 0.2) is 0 Å². The van der Waals surface area contributed by atoms with Gasteiger partial charge in [0.1, 0.15) is 10.6 Å². The number of rotatable bonds is 4. The summed E-state index contributed by atoms with van der Waals surface area (Å²) in [6, 6.07) is 17.7. The molecule has 0 aliphatic rings. The van der Waals surface area contributed by atoms with Gasteiger partial charge in [0, 0.05) is 12.1 Å². The molecule has 1 heterocycles. The van der Waals surface area contributed by atoms with Crippen molar-refractivity contribution in [3.63, 3.8) is 0 Å². The fourth-order valence-corrected chi connectivity index (χ4v) is 2.70. The lowest BCUT2D eigenvalue weighted by molar-refractivity contribution is 0.0955. The molecule has 1 amide bonds. The van der Waals surface area contributed by atoms with Crippen molar-refractivity contribution in [3.05, 3.63) is 70.6 Å². The van der Waals surface area contributed by atoms with Crippen LogP contribution in [0.5, 0.6) is 0 Å². The normalized spacial score (nSPS) is 10.4. The molecule has 110 valence electrons. The maximum absolute atomic E-state index is 12.4. The summed E-state index contributed by atoms with van der Waals surface area (Å²) in [7, 11) is 0. The molecule has 22 heavy (non-hydrogen) atoms. The van der Waals surface area contributed by atoms with Gasteiger partial charge in [-0.3, -0.25) is 4.79 Å². The number of carbonyl (C=O) groups is 1. The Bertz CT molecular complexity index is 766. The Morgan fingerprint density at radius 2 is 1.82 bits per heavy atom. The Hall–Kier alpha value is -2.53. The molecule has 0 aliphatic carbocycles. The maximum atomic E-state index is 12.4. The predicted octanol–water partition coefficient (Wildman–Crippen LogP) is 3.44. The van der Waals surface area contributed by atoms with E-state index in [4.69, 9.17) is 0 Å². The van der Waals surface area contributed by atoms with Crippen LogP contribution in [0.25, 0.3) is 11.3 Å². The highest BCUT2D eigenvalue weighted by Gasteiger charge is 2.17. The molecule has 0 unspecified atom stereocenters. The second kappa shape index (κ2) is 6.49. The fraction of sp³-hybridized carbons (Fsp3) is 0.118. The average molecular weight is 309 g/mol. The Kier molecular flexibility index (Phi) is 4.25. The first-order valence-corrected chi connectivity index (χ1v) is 7.73. The van der Waals surface area contributed by atoms with E-state index in [0.29, 0.717) is 17.1 Å². The molecule has 0 bridgehead atoms. The van der Waals surface area contributed by atoms with Gasteiger partial charge in [-0.05, 0) is 24.0 Å². The van der Waals surface area contributed by atoms with Crippen molar-refractivity contribution in [2.24, 2.45) is 0 Å². The number of amides is 1. The molecule has 0 spiro atoms. The molecule has 3 rings (SSSR count). The van der Waals surface area contributed by atoms with Crippen LogP contribution in [-0.2, 0) is 6.54 Å². The Morgan fingerprint density at radius 1 is 1.09 bits per heavy atom. The van der Waals surface area contributed by atoms with E-state index >= 15 is 0 Å². The molecule has 0 atom stereocenters. The van der Waals surface area contributed by atoms with Gasteiger partial charge in [0.2, 0.25) is 0 Å². The molecule has 0 radical (unpaired) electrons. The molecule has 2 aromatic carbocycles. The first kappa shape index (κ1) is 14.4. The summed E-state index contributed by atoms with van der Waals surface area (Å²) in [6.45, 7) is 2.52. The van der Waals surface area contributed by atoms with Gasteiger partial charge in [-0.25, -0.2) is 0 Å². The van der Waals surface area contributed by atoms with Crippen LogP contribution in [0.15, 0.2) is 54.6 Å². The summed E-state index contributed by atoms with van der Waals surface area (Å²) in [5, 5.41) is 7.01. The molecule has 0 saturated carbocycles. The number of hydrogen-bond donors (Lipinski definition) is 1. The monoisotopic (exact) mass is 309 g/mol. The van der Waals surface area contributed by atoms with E-state index in [1.165, 1.54) is 5.56 Å². The molecule has 0 saturated heterocycles. The first-order chi connectivity index (χ1) is 10.7. The number of aromatic nitrogens is 2. The van der Waals surface area contributed by atoms with Gasteiger partial charge < -0.3 is 5.32 Å². The van der Waals surface area contributed by atoms with Crippen LogP contribution in [0.3, 0.4) is 0 Å². The van der Waals surface area contributed by atoms with Crippen molar-refractivity contribution < 1.29 is 4.79 Å². The van der Waals surface area contributed by atoms with Gasteiger partial charge in [0.25, 0.3) is 5.91 Å². The van der Waals surface area contributed by atoms with Crippen LogP contribution < -0.4 is 5.32 Å². The second-order valence-corrected chi connectivity index (χ2v) is 5.74. The van der Waals surface area contributed by atoms with Crippen LogP contribution in [-0.4, -0.2) is 15.5 Å². The summed E-state index contributed by atoms with van der Waals surface area (Å²) >= 11 is 1.12.